The standard InChI is InChI=1S/C21H18N8O/c1-28-16-11-13(7-10-15(16)24-27-28)17-18(20-25-26-21(30)29(20)14-8-9-14)23-19(22-17)12-5-3-2-4-6-12/h2-7,10-11,14H,8-9H2,1H3,(H,22,23)(H,26,30). The molecule has 30 heavy (non-hydrogen) atoms. The largest absolute Gasteiger partial charge is 0.343 e. The van der Waals surface area contributed by atoms with E-state index in [2.05, 4.69) is 25.5 Å². The van der Waals surface area contributed by atoms with Crippen molar-refractivity contribution < 1.29 is 0 Å². The SMILES string of the molecule is Cn1nnc2ccc(-c3nc(-c4ccccc4)[nH]c3-c3n[nH]c(=O)n3C3CC3)cc21. The van der Waals surface area contributed by atoms with Gasteiger partial charge < -0.3 is 4.98 Å². The first kappa shape index (κ1) is 16.9. The van der Waals surface area contributed by atoms with Crippen LogP contribution < -0.4 is 5.69 Å². The van der Waals surface area contributed by atoms with Gasteiger partial charge in [0.25, 0.3) is 0 Å². The Morgan fingerprint density at radius 1 is 1.07 bits per heavy atom. The Kier molecular flexibility index (Phi) is 3.52. The van der Waals surface area contributed by atoms with Gasteiger partial charge in [-0.1, -0.05) is 41.6 Å². The second-order valence-corrected chi connectivity index (χ2v) is 7.55. The average Bonchev–Trinajstić information content (AvgIpc) is 3.22. The summed E-state index contributed by atoms with van der Waals surface area (Å²) in [7, 11) is 1.86. The van der Waals surface area contributed by atoms with Crippen LogP contribution in [0.15, 0.2) is 53.3 Å². The first-order chi connectivity index (χ1) is 14.7. The zero-order chi connectivity index (χ0) is 20.2. The van der Waals surface area contributed by atoms with Crippen molar-refractivity contribution in [1.82, 2.24) is 39.7 Å². The number of benzene rings is 2. The summed E-state index contributed by atoms with van der Waals surface area (Å²) < 4.78 is 3.47. The summed E-state index contributed by atoms with van der Waals surface area (Å²) in [4.78, 5) is 20.7. The van der Waals surface area contributed by atoms with E-state index in [1.165, 1.54) is 0 Å². The van der Waals surface area contributed by atoms with E-state index in [1.54, 1.807) is 9.25 Å². The van der Waals surface area contributed by atoms with Gasteiger partial charge in [0, 0.05) is 24.2 Å². The maximum Gasteiger partial charge on any atom is 0.343 e. The van der Waals surface area contributed by atoms with E-state index in [9.17, 15) is 4.79 Å². The lowest BCUT2D eigenvalue weighted by molar-refractivity contribution is 0.715. The number of aryl methyl sites for hydroxylation is 1. The fourth-order valence-corrected chi connectivity index (χ4v) is 3.81. The Morgan fingerprint density at radius 2 is 1.90 bits per heavy atom. The first-order valence-corrected chi connectivity index (χ1v) is 9.81. The summed E-state index contributed by atoms with van der Waals surface area (Å²) in [5, 5.41) is 15.2. The molecule has 0 saturated heterocycles. The molecular formula is C21H18N8O. The molecule has 2 aromatic carbocycles. The summed E-state index contributed by atoms with van der Waals surface area (Å²) in [6.45, 7) is 0. The molecule has 0 unspecified atom stereocenters. The van der Waals surface area contributed by atoms with E-state index in [-0.39, 0.29) is 11.7 Å². The number of aromatic nitrogens is 8. The Bertz CT molecular complexity index is 1430. The molecule has 0 spiro atoms. The van der Waals surface area contributed by atoms with Crippen LogP contribution in [0.1, 0.15) is 18.9 Å². The zero-order valence-corrected chi connectivity index (χ0v) is 16.2. The first-order valence-electron chi connectivity index (χ1n) is 9.81. The molecule has 9 heteroatoms. The lowest BCUT2D eigenvalue weighted by Gasteiger charge is -2.05. The molecule has 0 atom stereocenters. The molecule has 1 fully saturated rings. The van der Waals surface area contributed by atoms with Gasteiger partial charge in [0.15, 0.2) is 5.82 Å². The number of hydrogen-bond acceptors (Lipinski definition) is 5. The fourth-order valence-electron chi connectivity index (χ4n) is 3.81. The molecule has 5 aromatic rings. The minimum absolute atomic E-state index is 0.186. The Hall–Kier alpha value is -4.01. The van der Waals surface area contributed by atoms with Crippen molar-refractivity contribution in [3.8, 4) is 34.2 Å². The predicted molar refractivity (Wildman–Crippen MR) is 112 cm³/mol. The predicted octanol–water partition coefficient (Wildman–Crippen LogP) is 2.91. The fraction of sp³-hybridized carbons (Fsp3) is 0.190. The topological polar surface area (TPSA) is 110 Å². The van der Waals surface area contributed by atoms with E-state index in [0.717, 1.165) is 46.5 Å². The van der Waals surface area contributed by atoms with Crippen molar-refractivity contribution in [2.24, 2.45) is 7.05 Å². The van der Waals surface area contributed by atoms with Crippen LogP contribution in [0.4, 0.5) is 0 Å². The smallest absolute Gasteiger partial charge is 0.335 e. The van der Waals surface area contributed by atoms with Crippen LogP contribution in [-0.4, -0.2) is 39.7 Å². The number of rotatable bonds is 4. The van der Waals surface area contributed by atoms with Crippen molar-refractivity contribution in [3.63, 3.8) is 0 Å². The van der Waals surface area contributed by atoms with Crippen molar-refractivity contribution in [2.75, 3.05) is 0 Å². The minimum Gasteiger partial charge on any atom is -0.335 e. The highest BCUT2D eigenvalue weighted by atomic mass is 16.1. The Morgan fingerprint density at radius 3 is 2.70 bits per heavy atom. The van der Waals surface area contributed by atoms with Gasteiger partial charge in [0.05, 0.1) is 5.52 Å². The van der Waals surface area contributed by atoms with Crippen molar-refractivity contribution >= 4 is 11.0 Å². The average molecular weight is 398 g/mol. The van der Waals surface area contributed by atoms with Crippen LogP contribution in [-0.2, 0) is 7.05 Å². The number of H-pyrrole nitrogens is 2. The van der Waals surface area contributed by atoms with Gasteiger partial charge in [0.1, 0.15) is 22.7 Å². The molecular weight excluding hydrogens is 380 g/mol. The van der Waals surface area contributed by atoms with E-state index in [0.29, 0.717) is 11.5 Å². The van der Waals surface area contributed by atoms with E-state index in [1.807, 2.05) is 55.6 Å². The molecule has 3 aromatic heterocycles. The molecule has 148 valence electrons. The lowest BCUT2D eigenvalue weighted by atomic mass is 10.1. The number of hydrogen-bond donors (Lipinski definition) is 2. The molecule has 6 rings (SSSR count). The van der Waals surface area contributed by atoms with Gasteiger partial charge >= 0.3 is 5.69 Å². The third kappa shape index (κ3) is 2.59. The number of fused-ring (bicyclic) bond motifs is 1. The number of nitrogens with zero attached hydrogens (tertiary/aromatic N) is 6. The molecule has 0 amide bonds. The molecule has 1 saturated carbocycles. The highest BCUT2D eigenvalue weighted by Gasteiger charge is 2.31. The van der Waals surface area contributed by atoms with Crippen LogP contribution in [0.25, 0.3) is 45.2 Å². The quantitative estimate of drug-likeness (QED) is 0.484. The maximum absolute atomic E-state index is 12.4. The highest BCUT2D eigenvalue weighted by Crippen LogP contribution is 2.39. The van der Waals surface area contributed by atoms with Gasteiger partial charge in [-0.2, -0.15) is 5.10 Å². The van der Waals surface area contributed by atoms with Crippen LogP contribution >= 0.6 is 0 Å². The zero-order valence-electron chi connectivity index (χ0n) is 16.2. The summed E-state index contributed by atoms with van der Waals surface area (Å²) in [5.41, 5.74) is 4.84. The van der Waals surface area contributed by atoms with Crippen LogP contribution in [0.5, 0.6) is 0 Å². The molecule has 0 bridgehead atoms. The monoisotopic (exact) mass is 398 g/mol. The molecule has 2 N–H and O–H groups in total. The molecule has 1 aliphatic carbocycles. The normalized spacial score (nSPS) is 13.9. The van der Waals surface area contributed by atoms with E-state index in [4.69, 9.17) is 4.98 Å². The van der Waals surface area contributed by atoms with Gasteiger partial charge in [0.2, 0.25) is 0 Å². The van der Waals surface area contributed by atoms with Crippen molar-refractivity contribution in [1.29, 1.82) is 0 Å². The van der Waals surface area contributed by atoms with Crippen LogP contribution in [0, 0.1) is 0 Å². The van der Waals surface area contributed by atoms with Gasteiger partial charge in [-0.15, -0.1) is 5.10 Å². The molecule has 0 radical (unpaired) electrons. The number of aromatic amines is 2. The van der Waals surface area contributed by atoms with Crippen LogP contribution in [0.2, 0.25) is 0 Å². The third-order valence-electron chi connectivity index (χ3n) is 5.48. The Balaban J connectivity index is 1.60. The summed E-state index contributed by atoms with van der Waals surface area (Å²) in [5.74, 6) is 1.30. The molecule has 3 heterocycles. The number of imidazole rings is 1. The summed E-state index contributed by atoms with van der Waals surface area (Å²) in [6, 6.07) is 16.0. The van der Waals surface area contributed by atoms with E-state index >= 15 is 0 Å². The summed E-state index contributed by atoms with van der Waals surface area (Å²) >= 11 is 0. The Labute approximate surface area is 170 Å². The summed E-state index contributed by atoms with van der Waals surface area (Å²) in [6.07, 6.45) is 1.96. The highest BCUT2D eigenvalue weighted by molar-refractivity contribution is 5.85. The molecule has 0 aliphatic heterocycles. The van der Waals surface area contributed by atoms with Gasteiger partial charge in [-0.3, -0.25) is 4.57 Å². The van der Waals surface area contributed by atoms with E-state index < -0.39 is 0 Å². The maximum atomic E-state index is 12.4. The molecule has 1 aliphatic rings. The van der Waals surface area contributed by atoms with Crippen molar-refractivity contribution in [3.05, 3.63) is 59.0 Å². The van der Waals surface area contributed by atoms with Crippen molar-refractivity contribution in [2.45, 2.75) is 18.9 Å². The lowest BCUT2D eigenvalue weighted by Crippen LogP contribution is -2.16. The second-order valence-electron chi connectivity index (χ2n) is 7.55. The number of nitrogens with one attached hydrogen (secondary N) is 2. The van der Waals surface area contributed by atoms with Crippen LogP contribution in [0.3, 0.4) is 0 Å². The minimum atomic E-state index is -0.194. The second kappa shape index (κ2) is 6.24. The van der Waals surface area contributed by atoms with Gasteiger partial charge in [-0.25, -0.2) is 19.6 Å². The third-order valence-corrected chi connectivity index (χ3v) is 5.48. The molecule has 9 nitrogen and oxygen atoms in total. The van der Waals surface area contributed by atoms with Gasteiger partial charge in [-0.05, 0) is 25.0 Å².